The monoisotopic (exact) mass is 303 g/mol. The highest BCUT2D eigenvalue weighted by Crippen LogP contribution is 2.30. The standard InChI is InChI=1S/C10H10BrNO3S/c1-6-5-16(14,15)9-3-2-7(11)4-8(9)12-10(6)13/h2-4,6H,5H2,1H3,(H,12,13). The van der Waals surface area contributed by atoms with Crippen molar-refractivity contribution in [1.82, 2.24) is 0 Å². The number of benzene rings is 1. The molecule has 4 nitrogen and oxygen atoms in total. The smallest absolute Gasteiger partial charge is 0.228 e. The quantitative estimate of drug-likeness (QED) is 0.795. The van der Waals surface area contributed by atoms with Crippen LogP contribution in [0.5, 0.6) is 0 Å². The predicted octanol–water partition coefficient (Wildman–Crippen LogP) is 1.81. The largest absolute Gasteiger partial charge is 0.325 e. The highest BCUT2D eigenvalue weighted by Gasteiger charge is 2.30. The molecule has 6 heteroatoms. The van der Waals surface area contributed by atoms with Crippen LogP contribution in [0.25, 0.3) is 0 Å². The summed E-state index contributed by atoms with van der Waals surface area (Å²) in [6.07, 6.45) is 0. The van der Waals surface area contributed by atoms with Gasteiger partial charge in [0.1, 0.15) is 0 Å². The van der Waals surface area contributed by atoms with Gasteiger partial charge in [-0.2, -0.15) is 0 Å². The normalized spacial score (nSPS) is 23.1. The van der Waals surface area contributed by atoms with Gasteiger partial charge in [-0.1, -0.05) is 22.9 Å². The summed E-state index contributed by atoms with van der Waals surface area (Å²) in [7, 11) is -3.38. The van der Waals surface area contributed by atoms with Crippen LogP contribution in [0.15, 0.2) is 27.6 Å². The van der Waals surface area contributed by atoms with Crippen LogP contribution >= 0.6 is 15.9 Å². The Bertz CT molecular complexity index is 553. The zero-order chi connectivity index (χ0) is 11.9. The minimum atomic E-state index is -3.38. The van der Waals surface area contributed by atoms with E-state index in [1.54, 1.807) is 19.1 Å². The Labute approximate surface area is 102 Å². The van der Waals surface area contributed by atoms with Gasteiger partial charge in [0.05, 0.1) is 16.3 Å². The molecular weight excluding hydrogens is 294 g/mol. The van der Waals surface area contributed by atoms with Crippen molar-refractivity contribution in [3.05, 3.63) is 22.7 Å². The number of fused-ring (bicyclic) bond motifs is 1. The molecule has 0 fully saturated rings. The second-order valence-corrected chi connectivity index (χ2v) is 6.73. The Morgan fingerprint density at radius 3 is 2.81 bits per heavy atom. The molecule has 86 valence electrons. The van der Waals surface area contributed by atoms with E-state index in [0.29, 0.717) is 5.69 Å². The van der Waals surface area contributed by atoms with Crippen LogP contribution in [0.4, 0.5) is 5.69 Å². The number of halogens is 1. The lowest BCUT2D eigenvalue weighted by molar-refractivity contribution is -0.118. The number of nitrogens with one attached hydrogen (secondary N) is 1. The van der Waals surface area contributed by atoms with Crippen molar-refractivity contribution in [3.8, 4) is 0 Å². The molecule has 1 aliphatic rings. The average Bonchev–Trinajstić information content (AvgIpc) is 2.22. The van der Waals surface area contributed by atoms with Gasteiger partial charge in [-0.05, 0) is 18.2 Å². The zero-order valence-electron chi connectivity index (χ0n) is 8.53. The van der Waals surface area contributed by atoms with Gasteiger partial charge >= 0.3 is 0 Å². The predicted molar refractivity (Wildman–Crippen MR) is 64.0 cm³/mol. The number of hydrogen-bond donors (Lipinski definition) is 1. The Morgan fingerprint density at radius 2 is 2.12 bits per heavy atom. The molecule has 1 amide bonds. The second kappa shape index (κ2) is 3.85. The Morgan fingerprint density at radius 1 is 1.44 bits per heavy atom. The molecule has 1 N–H and O–H groups in total. The van der Waals surface area contributed by atoms with Gasteiger partial charge in [0, 0.05) is 10.4 Å². The third-order valence-corrected chi connectivity index (χ3v) is 4.91. The average molecular weight is 304 g/mol. The summed E-state index contributed by atoms with van der Waals surface area (Å²) in [5.74, 6) is -0.940. The van der Waals surface area contributed by atoms with Crippen molar-refractivity contribution in [2.45, 2.75) is 11.8 Å². The van der Waals surface area contributed by atoms with Crippen LogP contribution in [0.1, 0.15) is 6.92 Å². The molecule has 1 atom stereocenters. The molecule has 0 spiro atoms. The van der Waals surface area contributed by atoms with E-state index in [-0.39, 0.29) is 16.6 Å². The highest BCUT2D eigenvalue weighted by atomic mass is 79.9. The lowest BCUT2D eigenvalue weighted by Gasteiger charge is -2.06. The molecule has 0 radical (unpaired) electrons. The lowest BCUT2D eigenvalue weighted by atomic mass is 10.2. The van der Waals surface area contributed by atoms with Gasteiger partial charge in [-0.15, -0.1) is 0 Å². The van der Waals surface area contributed by atoms with E-state index in [0.717, 1.165) is 4.47 Å². The number of amides is 1. The van der Waals surface area contributed by atoms with Crippen LogP contribution in [-0.2, 0) is 14.6 Å². The molecule has 2 rings (SSSR count). The molecule has 0 saturated carbocycles. The third kappa shape index (κ3) is 1.99. The minimum Gasteiger partial charge on any atom is -0.325 e. The molecule has 16 heavy (non-hydrogen) atoms. The summed E-state index contributed by atoms with van der Waals surface area (Å²) < 4.78 is 24.6. The maximum absolute atomic E-state index is 12.0. The summed E-state index contributed by atoms with van der Waals surface area (Å²) >= 11 is 3.24. The number of rotatable bonds is 0. The van der Waals surface area contributed by atoms with Gasteiger partial charge in [0.15, 0.2) is 9.84 Å². The van der Waals surface area contributed by atoms with Gasteiger partial charge in [0.25, 0.3) is 0 Å². The van der Waals surface area contributed by atoms with Crippen molar-refractivity contribution in [3.63, 3.8) is 0 Å². The van der Waals surface area contributed by atoms with Gasteiger partial charge in [-0.25, -0.2) is 8.42 Å². The molecule has 0 saturated heterocycles. The van der Waals surface area contributed by atoms with Crippen LogP contribution in [0.3, 0.4) is 0 Å². The van der Waals surface area contributed by atoms with Gasteiger partial charge < -0.3 is 5.32 Å². The van der Waals surface area contributed by atoms with E-state index >= 15 is 0 Å². The molecule has 1 aromatic carbocycles. The van der Waals surface area contributed by atoms with Gasteiger partial charge in [0.2, 0.25) is 5.91 Å². The van der Waals surface area contributed by atoms with E-state index in [1.165, 1.54) is 6.07 Å². The molecule has 1 aliphatic heterocycles. The first-order chi connectivity index (χ1) is 7.40. The van der Waals surface area contributed by atoms with Crippen LogP contribution in [-0.4, -0.2) is 20.1 Å². The number of carbonyl (C=O) groups is 1. The highest BCUT2D eigenvalue weighted by molar-refractivity contribution is 9.10. The van der Waals surface area contributed by atoms with E-state index in [2.05, 4.69) is 21.2 Å². The molecule has 0 aromatic heterocycles. The molecule has 1 unspecified atom stereocenters. The fraction of sp³-hybridized carbons (Fsp3) is 0.300. The SMILES string of the molecule is CC1CS(=O)(=O)c2ccc(Br)cc2NC1=O. The van der Waals surface area contributed by atoms with Crippen molar-refractivity contribution in [2.75, 3.05) is 11.1 Å². The fourth-order valence-corrected chi connectivity index (χ4v) is 3.69. The molecule has 0 aliphatic carbocycles. The first kappa shape index (κ1) is 11.6. The molecular formula is C10H10BrNO3S. The van der Waals surface area contributed by atoms with Crippen molar-refractivity contribution >= 4 is 37.4 Å². The maximum Gasteiger partial charge on any atom is 0.228 e. The Hall–Kier alpha value is -0.880. The van der Waals surface area contributed by atoms with E-state index in [9.17, 15) is 13.2 Å². The minimum absolute atomic E-state index is 0.145. The molecule has 1 heterocycles. The van der Waals surface area contributed by atoms with Crippen LogP contribution < -0.4 is 5.32 Å². The summed E-state index contributed by atoms with van der Waals surface area (Å²) in [4.78, 5) is 11.8. The first-order valence-corrected chi connectivity index (χ1v) is 7.18. The zero-order valence-corrected chi connectivity index (χ0v) is 10.9. The third-order valence-electron chi connectivity index (χ3n) is 2.45. The van der Waals surface area contributed by atoms with Crippen molar-refractivity contribution < 1.29 is 13.2 Å². The van der Waals surface area contributed by atoms with Crippen LogP contribution in [0.2, 0.25) is 0 Å². The number of carbonyl (C=O) groups excluding carboxylic acids is 1. The van der Waals surface area contributed by atoms with E-state index in [4.69, 9.17) is 0 Å². The summed E-state index contributed by atoms with van der Waals surface area (Å²) in [6, 6.07) is 4.76. The van der Waals surface area contributed by atoms with Gasteiger partial charge in [-0.3, -0.25) is 4.79 Å². The lowest BCUT2D eigenvalue weighted by Crippen LogP contribution is -2.22. The maximum atomic E-state index is 12.0. The molecule has 1 aromatic rings. The number of sulfone groups is 1. The van der Waals surface area contributed by atoms with Crippen molar-refractivity contribution in [1.29, 1.82) is 0 Å². The summed E-state index contributed by atoms with van der Waals surface area (Å²) in [5.41, 5.74) is 0.351. The van der Waals surface area contributed by atoms with Crippen LogP contribution in [0, 0.1) is 5.92 Å². The number of hydrogen-bond acceptors (Lipinski definition) is 3. The summed E-state index contributed by atoms with van der Waals surface area (Å²) in [5, 5.41) is 2.62. The van der Waals surface area contributed by atoms with E-state index < -0.39 is 15.8 Å². The first-order valence-electron chi connectivity index (χ1n) is 4.73. The molecule has 0 bridgehead atoms. The topological polar surface area (TPSA) is 63.2 Å². The fourth-order valence-electron chi connectivity index (χ4n) is 1.62. The van der Waals surface area contributed by atoms with E-state index in [1.807, 2.05) is 0 Å². The number of anilines is 1. The van der Waals surface area contributed by atoms with Crippen molar-refractivity contribution in [2.24, 2.45) is 5.92 Å². The Kier molecular flexibility index (Phi) is 2.79. The summed E-state index contributed by atoms with van der Waals surface area (Å²) in [6.45, 7) is 1.60. The second-order valence-electron chi connectivity index (χ2n) is 3.81. The Balaban J connectivity index is 2.65.